The molecule has 0 radical (unpaired) electrons. The van der Waals surface area contributed by atoms with Crippen molar-refractivity contribution in [3.8, 4) is 0 Å². The highest BCUT2D eigenvalue weighted by molar-refractivity contribution is 8.00. The number of carboxylic acid groups (broad SMARTS) is 1. The fourth-order valence-electron chi connectivity index (χ4n) is 3.06. The van der Waals surface area contributed by atoms with E-state index in [1.165, 1.54) is 12.5 Å². The average molecular weight is 554 g/mol. The van der Waals surface area contributed by atoms with Crippen LogP contribution in [-0.4, -0.2) is 80.7 Å². The molecule has 1 unspecified atom stereocenters. The predicted octanol–water partition coefficient (Wildman–Crippen LogP) is 1.53. The first-order valence-electron chi connectivity index (χ1n) is 9.37. The molecule has 0 saturated carbocycles. The molecule has 35 heavy (non-hydrogen) atoms. The van der Waals surface area contributed by atoms with Crippen LogP contribution in [0.4, 0.5) is 18.3 Å². The minimum Gasteiger partial charge on any atom is -0.477 e. The Labute approximate surface area is 208 Å². The Balaban J connectivity index is 1.78. The molecule has 0 bridgehead atoms. The normalized spacial score (nSPS) is 20.4. The number of nitrogens with one attached hydrogen (secondary N) is 2. The molecule has 17 heteroatoms. The molecule has 1 fully saturated rings. The summed E-state index contributed by atoms with van der Waals surface area (Å²) in [6, 6.07) is -1.17. The van der Waals surface area contributed by atoms with Crippen molar-refractivity contribution in [2.75, 3.05) is 24.1 Å². The number of hydrogen-bond acceptors (Lipinski definition) is 9. The van der Waals surface area contributed by atoms with Crippen molar-refractivity contribution in [2.24, 2.45) is 5.16 Å². The number of oxime groups is 1. The highest BCUT2D eigenvalue weighted by atomic mass is 35.5. The third-order valence-corrected chi connectivity index (χ3v) is 6.78. The monoisotopic (exact) mass is 553 g/mol. The minimum absolute atomic E-state index is 0.0184. The van der Waals surface area contributed by atoms with E-state index in [0.29, 0.717) is 6.08 Å². The Kier molecular flexibility index (Phi) is 8.07. The minimum atomic E-state index is -4.66. The van der Waals surface area contributed by atoms with Gasteiger partial charge in [-0.05, 0) is 5.57 Å². The number of fused-ring (bicyclic) bond motifs is 1. The maximum absolute atomic E-state index is 12.8. The second-order valence-corrected chi connectivity index (χ2v) is 8.99. The quantitative estimate of drug-likeness (QED) is 0.190. The zero-order chi connectivity index (χ0) is 25.9. The molecule has 3 N–H and O–H groups in total. The number of rotatable bonds is 8. The maximum Gasteiger partial charge on any atom is 0.409 e. The summed E-state index contributed by atoms with van der Waals surface area (Å²) in [4.78, 5) is 58.1. The molecule has 2 atom stereocenters. The van der Waals surface area contributed by atoms with E-state index in [1.807, 2.05) is 0 Å². The Hall–Kier alpha value is -3.11. The van der Waals surface area contributed by atoms with Crippen LogP contribution < -0.4 is 10.6 Å². The van der Waals surface area contributed by atoms with Crippen molar-refractivity contribution < 1.29 is 42.3 Å². The van der Waals surface area contributed by atoms with Gasteiger partial charge in [-0.1, -0.05) is 11.2 Å². The van der Waals surface area contributed by atoms with Crippen molar-refractivity contribution in [3.63, 3.8) is 0 Å². The molecule has 0 aliphatic carbocycles. The van der Waals surface area contributed by atoms with Gasteiger partial charge < -0.3 is 20.6 Å². The predicted molar refractivity (Wildman–Crippen MR) is 120 cm³/mol. The summed E-state index contributed by atoms with van der Waals surface area (Å²) in [5, 5.41) is 18.6. The lowest BCUT2D eigenvalue weighted by Crippen LogP contribution is -2.71. The van der Waals surface area contributed by atoms with E-state index in [-0.39, 0.29) is 39.8 Å². The van der Waals surface area contributed by atoms with E-state index in [4.69, 9.17) is 11.6 Å². The van der Waals surface area contributed by atoms with Crippen LogP contribution in [0.2, 0.25) is 0 Å². The molecule has 2 aliphatic heterocycles. The van der Waals surface area contributed by atoms with Crippen molar-refractivity contribution in [1.29, 1.82) is 0 Å². The molecule has 3 rings (SSSR count). The number of carbonyl (C=O) groups is 4. The number of aliphatic carboxylic acids is 1. The average Bonchev–Trinajstić information content (AvgIpc) is 3.25. The molecule has 0 aromatic carbocycles. The summed E-state index contributed by atoms with van der Waals surface area (Å²) in [7, 11) is 1.17. The highest BCUT2D eigenvalue weighted by Gasteiger charge is 2.54. The summed E-state index contributed by atoms with van der Waals surface area (Å²) in [6.07, 6.45) is -4.16. The molecule has 0 spiro atoms. The summed E-state index contributed by atoms with van der Waals surface area (Å²) in [5.41, 5.74) is -1.09. The van der Waals surface area contributed by atoms with Crippen molar-refractivity contribution in [3.05, 3.63) is 34.5 Å². The van der Waals surface area contributed by atoms with Crippen LogP contribution in [0, 0.1) is 0 Å². The first-order valence-corrected chi connectivity index (χ1v) is 11.8. The van der Waals surface area contributed by atoms with Gasteiger partial charge in [0.2, 0.25) is 5.91 Å². The topological polar surface area (TPSA) is 150 Å². The van der Waals surface area contributed by atoms with E-state index >= 15 is 0 Å². The fraction of sp³-hybridized carbons (Fsp3) is 0.333. The zero-order valence-corrected chi connectivity index (χ0v) is 19.8. The summed E-state index contributed by atoms with van der Waals surface area (Å²) < 4.78 is 37.6. The van der Waals surface area contributed by atoms with Gasteiger partial charge in [0, 0.05) is 17.2 Å². The number of alkyl halides is 4. The van der Waals surface area contributed by atoms with E-state index in [1.54, 1.807) is 0 Å². The number of aromatic nitrogens is 1. The van der Waals surface area contributed by atoms with Gasteiger partial charge in [-0.15, -0.1) is 34.7 Å². The van der Waals surface area contributed by atoms with E-state index in [2.05, 4.69) is 25.6 Å². The van der Waals surface area contributed by atoms with Gasteiger partial charge in [-0.2, -0.15) is 13.2 Å². The molecule has 188 valence electrons. The van der Waals surface area contributed by atoms with Gasteiger partial charge in [0.1, 0.15) is 35.8 Å². The summed E-state index contributed by atoms with van der Waals surface area (Å²) in [5.74, 6) is -4.25. The lowest BCUT2D eigenvalue weighted by Gasteiger charge is -2.49. The number of thiazole rings is 1. The molecule has 2 aliphatic rings. The number of halogens is 4. The SMILES string of the molecule is CO/N=C(/C(=O)NC1C(=O)N2C(C(=O)O)=C(/C=C/C(F)(F)F)CS[C@H]12)c1csc(NC(=O)CCl)n1. The summed E-state index contributed by atoms with van der Waals surface area (Å²) >= 11 is 7.39. The van der Waals surface area contributed by atoms with E-state index in [0.717, 1.165) is 28.0 Å². The number of anilines is 1. The van der Waals surface area contributed by atoms with Gasteiger partial charge in [0.25, 0.3) is 11.8 Å². The third kappa shape index (κ3) is 5.94. The molecule has 3 amide bonds. The number of thioether (sulfide) groups is 1. The Morgan fingerprint density at radius 2 is 2.14 bits per heavy atom. The molecule has 3 heterocycles. The molecule has 11 nitrogen and oxygen atoms in total. The second-order valence-electron chi connectivity index (χ2n) is 6.76. The first kappa shape index (κ1) is 26.5. The number of amides is 3. The zero-order valence-electron chi connectivity index (χ0n) is 17.5. The third-order valence-electron chi connectivity index (χ3n) is 4.47. The van der Waals surface area contributed by atoms with Gasteiger partial charge in [0.15, 0.2) is 10.8 Å². The Morgan fingerprint density at radius 1 is 1.43 bits per heavy atom. The number of carbonyl (C=O) groups excluding carboxylic acids is 3. The number of hydrogen-bond donors (Lipinski definition) is 3. The van der Waals surface area contributed by atoms with Crippen molar-refractivity contribution in [1.82, 2.24) is 15.2 Å². The lowest BCUT2D eigenvalue weighted by molar-refractivity contribution is -0.150. The van der Waals surface area contributed by atoms with E-state index in [9.17, 15) is 37.5 Å². The van der Waals surface area contributed by atoms with Crippen LogP contribution in [0.3, 0.4) is 0 Å². The van der Waals surface area contributed by atoms with Crippen LogP contribution >= 0.6 is 34.7 Å². The number of allylic oxidation sites excluding steroid dienone is 2. The van der Waals surface area contributed by atoms with Gasteiger partial charge in [0.05, 0.1) is 0 Å². The molecule has 1 aromatic rings. The van der Waals surface area contributed by atoms with Crippen molar-refractivity contribution >= 4 is 69.2 Å². The fourth-order valence-corrected chi connectivity index (χ4v) is 5.16. The highest BCUT2D eigenvalue weighted by Crippen LogP contribution is 2.41. The molecular formula is C18H15ClF3N5O6S2. The second kappa shape index (κ2) is 10.7. The number of β-lactam (4-membered cyclic amide) rings is 1. The number of carboxylic acids is 1. The Bertz CT molecular complexity index is 1150. The lowest BCUT2D eigenvalue weighted by atomic mass is 10.0. The van der Waals surface area contributed by atoms with Gasteiger partial charge >= 0.3 is 12.1 Å². The van der Waals surface area contributed by atoms with E-state index < -0.39 is 47.0 Å². The largest absolute Gasteiger partial charge is 0.477 e. The Morgan fingerprint density at radius 3 is 2.74 bits per heavy atom. The molecular weight excluding hydrogens is 539 g/mol. The van der Waals surface area contributed by atoms with Crippen LogP contribution in [0.15, 0.2) is 34.0 Å². The van der Waals surface area contributed by atoms with Gasteiger partial charge in [-0.25, -0.2) is 9.78 Å². The van der Waals surface area contributed by atoms with Gasteiger partial charge in [-0.3, -0.25) is 19.3 Å². The van der Waals surface area contributed by atoms with Crippen molar-refractivity contribution in [2.45, 2.75) is 17.6 Å². The van der Waals surface area contributed by atoms with Crippen LogP contribution in [0.5, 0.6) is 0 Å². The van der Waals surface area contributed by atoms with Crippen LogP contribution in [-0.2, 0) is 24.0 Å². The van der Waals surface area contributed by atoms with Crippen LogP contribution in [0.25, 0.3) is 0 Å². The first-order chi connectivity index (χ1) is 16.5. The molecule has 1 saturated heterocycles. The standard InChI is InChI=1S/C18H15ClF3N5O6S2/c1-33-26-10(8-6-35-17(23-8)24-9(28)4-19)13(29)25-11-14(30)27-12(16(31)32)7(5-34-15(11)27)2-3-18(20,21)22/h2-3,6,11,15H,4-5H2,1H3,(H,25,29)(H,31,32)(H,23,24,28)/b3-2+,26-10+/t11?,15-/m1/s1. The number of nitrogens with zero attached hydrogens (tertiary/aromatic N) is 3. The maximum atomic E-state index is 12.8. The summed E-state index contributed by atoms with van der Waals surface area (Å²) in [6.45, 7) is 0. The molecule has 1 aromatic heterocycles. The smallest absolute Gasteiger partial charge is 0.409 e. The van der Waals surface area contributed by atoms with Crippen LogP contribution in [0.1, 0.15) is 5.69 Å².